The normalized spacial score (nSPS) is 19.1. The van der Waals surface area contributed by atoms with E-state index in [0.717, 1.165) is 37.5 Å². The summed E-state index contributed by atoms with van der Waals surface area (Å²) in [7, 11) is -1.89. The first-order valence-corrected chi connectivity index (χ1v) is 16.1. The van der Waals surface area contributed by atoms with Crippen LogP contribution in [0.3, 0.4) is 0 Å². The summed E-state index contributed by atoms with van der Waals surface area (Å²) in [6, 6.07) is 10.8. The molecule has 2 aliphatic rings. The van der Waals surface area contributed by atoms with Crippen molar-refractivity contribution in [2.75, 3.05) is 19.9 Å². The first kappa shape index (κ1) is 30.3. The minimum absolute atomic E-state index is 0.0670. The molecule has 1 amide bonds. The summed E-state index contributed by atoms with van der Waals surface area (Å²) in [5, 5.41) is 0.327. The molecular formula is C30H37FN4O6S. The van der Waals surface area contributed by atoms with E-state index in [1.54, 1.807) is 24.3 Å². The molecule has 5 rings (SSSR count). The summed E-state index contributed by atoms with van der Waals surface area (Å²) < 4.78 is 45.1. The van der Waals surface area contributed by atoms with Gasteiger partial charge in [-0.3, -0.25) is 19.1 Å². The number of hydrogen-bond acceptors (Lipinski definition) is 8. The van der Waals surface area contributed by atoms with Gasteiger partial charge >= 0.3 is 0 Å². The van der Waals surface area contributed by atoms with Gasteiger partial charge in [0.25, 0.3) is 11.5 Å². The molecule has 2 fully saturated rings. The lowest BCUT2D eigenvalue weighted by molar-refractivity contribution is -0.201. The van der Waals surface area contributed by atoms with Crippen LogP contribution in [-0.2, 0) is 37.3 Å². The smallest absolute Gasteiger partial charge is 0.264 e. The molecule has 1 aliphatic heterocycles. The molecule has 12 heteroatoms. The zero-order valence-electron chi connectivity index (χ0n) is 24.1. The Bertz CT molecular complexity index is 1630. The highest BCUT2D eigenvalue weighted by Gasteiger charge is 2.44. The third kappa shape index (κ3) is 6.56. The fourth-order valence-electron chi connectivity index (χ4n) is 5.10. The quantitative estimate of drug-likeness (QED) is 0.332. The average molecular weight is 601 g/mol. The molecule has 2 heterocycles. The molecule has 1 saturated carbocycles. The standard InChI is InChI=1S/C30H37FN4O6S/c1-30(42(3,38)39,29(37)33-41-27-6-4-5-15-40-27)13-14-35-19-32-26-17-21(9-12-24(26)28(35)36)20-7-8-22(25(31)16-20)18-34(2)23-10-11-23/h7-9,12,16-17,19,23,27H,4-6,10-11,13-15,18H2,1-3H3,(H,33,37). The Kier molecular flexibility index (Phi) is 8.79. The van der Waals surface area contributed by atoms with Gasteiger partial charge < -0.3 is 4.74 Å². The SMILES string of the molecule is CN(Cc1ccc(-c2ccc3c(=O)n(CCC(C)(C(=O)NOC4CCCCO4)S(C)(=O)=O)cnc3c2)cc1F)C1CC1. The molecule has 0 bridgehead atoms. The molecule has 2 unspecified atom stereocenters. The fourth-order valence-corrected chi connectivity index (χ4v) is 5.94. The first-order chi connectivity index (χ1) is 20.0. The number of fused-ring (bicyclic) bond motifs is 1. The predicted octanol–water partition coefficient (Wildman–Crippen LogP) is 3.56. The van der Waals surface area contributed by atoms with Crippen LogP contribution in [0.4, 0.5) is 4.39 Å². The van der Waals surface area contributed by atoms with Crippen LogP contribution < -0.4 is 11.0 Å². The molecule has 1 aromatic heterocycles. The second-order valence-corrected chi connectivity index (χ2v) is 14.0. The zero-order chi connectivity index (χ0) is 30.1. The number of carbonyl (C=O) groups is 1. The third-order valence-corrected chi connectivity index (χ3v) is 10.4. The lowest BCUT2D eigenvalue weighted by atomic mass is 10.0. The van der Waals surface area contributed by atoms with Crippen LogP contribution in [-0.4, -0.2) is 65.8 Å². The minimum atomic E-state index is -3.90. The van der Waals surface area contributed by atoms with Crippen LogP contribution in [0.2, 0.25) is 0 Å². The predicted molar refractivity (Wildman–Crippen MR) is 157 cm³/mol. The van der Waals surface area contributed by atoms with Crippen molar-refractivity contribution in [2.24, 2.45) is 0 Å². The van der Waals surface area contributed by atoms with Gasteiger partial charge in [-0.25, -0.2) is 28.1 Å². The molecule has 1 saturated heterocycles. The highest BCUT2D eigenvalue weighted by molar-refractivity contribution is 7.92. The number of aryl methyl sites for hydroxylation is 1. The van der Waals surface area contributed by atoms with Gasteiger partial charge in [-0.1, -0.05) is 18.2 Å². The Labute approximate surface area is 244 Å². The van der Waals surface area contributed by atoms with E-state index in [9.17, 15) is 22.4 Å². The molecule has 2 aromatic carbocycles. The van der Waals surface area contributed by atoms with E-state index in [2.05, 4.69) is 15.4 Å². The minimum Gasteiger partial charge on any atom is -0.350 e. The maximum Gasteiger partial charge on any atom is 0.264 e. The number of sulfone groups is 1. The van der Waals surface area contributed by atoms with Crippen molar-refractivity contribution in [3.63, 3.8) is 0 Å². The van der Waals surface area contributed by atoms with Gasteiger partial charge in [0.1, 0.15) is 5.82 Å². The van der Waals surface area contributed by atoms with Gasteiger partial charge in [0.2, 0.25) is 0 Å². The zero-order valence-corrected chi connectivity index (χ0v) is 25.0. The lowest BCUT2D eigenvalue weighted by Gasteiger charge is -2.28. The molecule has 10 nitrogen and oxygen atoms in total. The number of benzene rings is 2. The van der Waals surface area contributed by atoms with Gasteiger partial charge in [-0.2, -0.15) is 0 Å². The van der Waals surface area contributed by atoms with Gasteiger partial charge in [0.15, 0.2) is 20.9 Å². The largest absolute Gasteiger partial charge is 0.350 e. The second kappa shape index (κ2) is 12.2. The molecule has 2 atom stereocenters. The van der Waals surface area contributed by atoms with E-state index in [0.29, 0.717) is 47.6 Å². The van der Waals surface area contributed by atoms with Crippen LogP contribution in [0.15, 0.2) is 47.5 Å². The number of aromatic nitrogens is 2. The van der Waals surface area contributed by atoms with Crippen molar-refractivity contribution in [1.29, 1.82) is 0 Å². The van der Waals surface area contributed by atoms with Crippen LogP contribution in [0.25, 0.3) is 22.0 Å². The van der Waals surface area contributed by atoms with E-state index in [1.165, 1.54) is 23.9 Å². The van der Waals surface area contributed by atoms with Crippen molar-refractivity contribution < 1.29 is 27.2 Å². The second-order valence-electron chi connectivity index (χ2n) is 11.5. The number of nitrogens with zero attached hydrogens (tertiary/aromatic N) is 3. The van der Waals surface area contributed by atoms with E-state index in [-0.39, 0.29) is 24.3 Å². The third-order valence-electron chi connectivity index (χ3n) is 8.35. The van der Waals surface area contributed by atoms with Gasteiger partial charge in [0, 0.05) is 44.0 Å². The molecular weight excluding hydrogens is 563 g/mol. The van der Waals surface area contributed by atoms with Crippen molar-refractivity contribution in [3.8, 4) is 11.1 Å². The van der Waals surface area contributed by atoms with Crippen LogP contribution in [0.5, 0.6) is 0 Å². The maximum atomic E-state index is 14.9. The molecule has 3 aromatic rings. The Morgan fingerprint density at radius 1 is 1.19 bits per heavy atom. The van der Waals surface area contributed by atoms with Crippen LogP contribution >= 0.6 is 0 Å². The van der Waals surface area contributed by atoms with Crippen molar-refractivity contribution in [1.82, 2.24) is 19.9 Å². The summed E-state index contributed by atoms with van der Waals surface area (Å²) in [5.74, 6) is -1.11. The maximum absolute atomic E-state index is 14.9. The van der Waals surface area contributed by atoms with E-state index < -0.39 is 26.8 Å². The van der Waals surface area contributed by atoms with Crippen molar-refractivity contribution in [2.45, 2.75) is 75.6 Å². The number of rotatable bonds is 11. The average Bonchev–Trinajstić information content (AvgIpc) is 3.82. The lowest BCUT2D eigenvalue weighted by Crippen LogP contribution is -2.51. The first-order valence-electron chi connectivity index (χ1n) is 14.2. The molecule has 1 aliphatic carbocycles. The molecule has 1 N–H and O–H groups in total. The number of carbonyl (C=O) groups excluding carboxylic acids is 1. The van der Waals surface area contributed by atoms with E-state index in [4.69, 9.17) is 9.57 Å². The monoisotopic (exact) mass is 600 g/mol. The summed E-state index contributed by atoms with van der Waals surface area (Å²) >= 11 is 0. The van der Waals surface area contributed by atoms with E-state index in [1.807, 2.05) is 13.1 Å². The Hall–Kier alpha value is -3.19. The summed E-state index contributed by atoms with van der Waals surface area (Å²) in [6.45, 7) is 2.30. The number of nitrogens with one attached hydrogen (secondary N) is 1. The number of hydroxylamine groups is 1. The van der Waals surface area contributed by atoms with Crippen molar-refractivity contribution >= 4 is 26.6 Å². The highest BCUT2D eigenvalue weighted by Crippen LogP contribution is 2.29. The number of halogens is 1. The molecule has 226 valence electrons. The van der Waals surface area contributed by atoms with E-state index >= 15 is 0 Å². The Morgan fingerprint density at radius 3 is 2.60 bits per heavy atom. The van der Waals surface area contributed by atoms with Gasteiger partial charge in [-0.15, -0.1) is 0 Å². The number of amides is 1. The fraction of sp³-hybridized carbons (Fsp3) is 0.500. The van der Waals surface area contributed by atoms with Crippen LogP contribution in [0, 0.1) is 5.82 Å². The van der Waals surface area contributed by atoms with Gasteiger partial charge in [0.05, 0.1) is 17.2 Å². The highest BCUT2D eigenvalue weighted by atomic mass is 32.2. The topological polar surface area (TPSA) is 120 Å². The molecule has 0 radical (unpaired) electrons. The van der Waals surface area contributed by atoms with Crippen LogP contribution in [0.1, 0.15) is 51.0 Å². The Balaban J connectivity index is 1.30. The number of hydrogen-bond donors (Lipinski definition) is 1. The summed E-state index contributed by atoms with van der Waals surface area (Å²) in [6.07, 6.45) is 6.17. The Morgan fingerprint density at radius 2 is 1.93 bits per heavy atom. The van der Waals surface area contributed by atoms with Gasteiger partial charge in [-0.05, 0) is 75.4 Å². The summed E-state index contributed by atoms with van der Waals surface area (Å²) in [4.78, 5) is 38.1. The summed E-state index contributed by atoms with van der Waals surface area (Å²) in [5.41, 5.74) is 4.33. The molecule has 42 heavy (non-hydrogen) atoms. The van der Waals surface area contributed by atoms with Crippen molar-refractivity contribution in [3.05, 3.63) is 64.5 Å². The number of ether oxygens (including phenoxy) is 1. The molecule has 0 spiro atoms.